The van der Waals surface area contributed by atoms with Crippen molar-refractivity contribution in [2.24, 2.45) is 0 Å². The Bertz CT molecular complexity index is 1540. The van der Waals surface area contributed by atoms with Crippen LogP contribution < -0.4 is 15.4 Å². The molecule has 2 N–H and O–H groups in total. The van der Waals surface area contributed by atoms with Gasteiger partial charge in [-0.3, -0.25) is 15.2 Å². The lowest BCUT2D eigenvalue weighted by Crippen LogP contribution is -2.42. The molecule has 41 heavy (non-hydrogen) atoms. The van der Waals surface area contributed by atoms with E-state index in [1.165, 1.54) is 6.07 Å². The van der Waals surface area contributed by atoms with Crippen LogP contribution >= 0.6 is 0 Å². The average Bonchev–Trinajstić information content (AvgIpc) is 3.70. The maximum atomic E-state index is 14.1. The van der Waals surface area contributed by atoms with Crippen molar-refractivity contribution >= 4 is 11.8 Å². The molecule has 0 saturated carbocycles. The summed E-state index contributed by atoms with van der Waals surface area (Å²) in [4.78, 5) is 20.4. The summed E-state index contributed by atoms with van der Waals surface area (Å²) in [5, 5.41) is 11.1. The van der Waals surface area contributed by atoms with Gasteiger partial charge in [-0.25, -0.2) is 13.9 Å². The molecule has 2 aromatic heterocycles. The van der Waals surface area contributed by atoms with Crippen molar-refractivity contribution in [2.45, 2.75) is 25.3 Å². The quantitative estimate of drug-likeness (QED) is 0.331. The predicted octanol–water partition coefficient (Wildman–Crippen LogP) is 4.55. The molecule has 4 aromatic rings. The number of hydrogen-bond donors (Lipinski definition) is 2. The molecule has 0 radical (unpaired) electrons. The summed E-state index contributed by atoms with van der Waals surface area (Å²) in [5.74, 6) is 0.969. The summed E-state index contributed by atoms with van der Waals surface area (Å²) in [6.07, 6.45) is 2.60. The normalized spacial score (nSPS) is 18.2. The van der Waals surface area contributed by atoms with E-state index in [4.69, 9.17) is 14.6 Å². The zero-order chi connectivity index (χ0) is 28.3. The van der Waals surface area contributed by atoms with Crippen LogP contribution in [-0.2, 0) is 11.2 Å². The third kappa shape index (κ3) is 5.66. The SMILES string of the molecule is COCCN1CC(NC(=O)Nc2c(C)c(-c3cnc4c(c3)OCC4)nn2-c2ccccc2)C(c2cccc(F)c2)C1. The van der Waals surface area contributed by atoms with E-state index >= 15 is 0 Å². The summed E-state index contributed by atoms with van der Waals surface area (Å²) >= 11 is 0. The summed E-state index contributed by atoms with van der Waals surface area (Å²) in [6, 6.07) is 17.7. The highest BCUT2D eigenvalue weighted by molar-refractivity contribution is 5.91. The first kappa shape index (κ1) is 26.9. The molecule has 1 fully saturated rings. The number of rotatable bonds is 8. The number of aromatic nitrogens is 3. The number of anilines is 1. The summed E-state index contributed by atoms with van der Waals surface area (Å²) in [5.41, 5.74) is 4.94. The number of nitrogens with one attached hydrogen (secondary N) is 2. The van der Waals surface area contributed by atoms with Gasteiger partial charge in [0.25, 0.3) is 0 Å². The topological polar surface area (TPSA) is 93.5 Å². The number of halogens is 1. The molecule has 0 aliphatic carbocycles. The monoisotopic (exact) mass is 556 g/mol. The summed E-state index contributed by atoms with van der Waals surface area (Å²) < 4.78 is 26.8. The molecule has 212 valence electrons. The maximum Gasteiger partial charge on any atom is 0.320 e. The second kappa shape index (κ2) is 11.7. The Hall–Kier alpha value is -4.28. The fourth-order valence-electron chi connectivity index (χ4n) is 5.67. The molecule has 1 saturated heterocycles. The minimum Gasteiger partial charge on any atom is -0.491 e. The Morgan fingerprint density at radius 1 is 1.15 bits per heavy atom. The van der Waals surface area contributed by atoms with Gasteiger partial charge in [0.2, 0.25) is 0 Å². The second-order valence-corrected chi connectivity index (χ2v) is 10.5. The van der Waals surface area contributed by atoms with Crippen molar-refractivity contribution in [1.29, 1.82) is 0 Å². The van der Waals surface area contributed by atoms with E-state index in [0.29, 0.717) is 37.8 Å². The number of amides is 2. The van der Waals surface area contributed by atoms with Gasteiger partial charge < -0.3 is 14.8 Å². The molecular formula is C31H33FN6O3. The highest BCUT2D eigenvalue weighted by Crippen LogP contribution is 2.34. The van der Waals surface area contributed by atoms with Gasteiger partial charge in [0, 0.05) is 56.4 Å². The minimum atomic E-state index is -0.355. The maximum absolute atomic E-state index is 14.1. The van der Waals surface area contributed by atoms with Crippen molar-refractivity contribution < 1.29 is 18.7 Å². The Morgan fingerprint density at radius 2 is 2.00 bits per heavy atom. The van der Waals surface area contributed by atoms with Crippen molar-refractivity contribution in [3.8, 4) is 22.7 Å². The lowest BCUT2D eigenvalue weighted by Gasteiger charge is -2.21. The van der Waals surface area contributed by atoms with E-state index in [1.54, 1.807) is 30.1 Å². The number of pyridine rings is 1. The molecule has 2 unspecified atom stereocenters. The minimum absolute atomic E-state index is 0.0681. The average molecular weight is 557 g/mol. The third-order valence-corrected chi connectivity index (χ3v) is 7.76. The van der Waals surface area contributed by atoms with Gasteiger partial charge in [-0.05, 0) is 42.8 Å². The fraction of sp³-hybridized carbons (Fsp3) is 0.323. The number of carbonyl (C=O) groups excluding carboxylic acids is 1. The van der Waals surface area contributed by atoms with Crippen LogP contribution in [0.3, 0.4) is 0 Å². The van der Waals surface area contributed by atoms with Crippen molar-refractivity contribution in [2.75, 3.05) is 45.3 Å². The van der Waals surface area contributed by atoms with Crippen LogP contribution in [0, 0.1) is 12.7 Å². The van der Waals surface area contributed by atoms with Crippen LogP contribution in [0.5, 0.6) is 5.75 Å². The van der Waals surface area contributed by atoms with E-state index in [9.17, 15) is 9.18 Å². The molecule has 10 heteroatoms. The largest absolute Gasteiger partial charge is 0.491 e. The molecular weight excluding hydrogens is 523 g/mol. The van der Waals surface area contributed by atoms with Crippen LogP contribution in [0.25, 0.3) is 16.9 Å². The smallest absolute Gasteiger partial charge is 0.320 e. The van der Waals surface area contributed by atoms with E-state index in [0.717, 1.165) is 46.8 Å². The first-order valence-electron chi connectivity index (χ1n) is 13.8. The number of methoxy groups -OCH3 is 1. The number of benzene rings is 2. The van der Waals surface area contributed by atoms with Gasteiger partial charge in [0.1, 0.15) is 17.4 Å². The van der Waals surface area contributed by atoms with Crippen LogP contribution in [-0.4, -0.2) is 71.7 Å². The van der Waals surface area contributed by atoms with Gasteiger partial charge in [0.15, 0.2) is 0 Å². The standard InChI is InChI=1S/C31H33FN6O3/c1-20-29(22-16-28-26(33-17-22)11-13-41-28)36-38(24-9-4-3-5-10-24)30(20)35-31(39)34-27-19-37(12-14-40-2)18-25(27)21-7-6-8-23(32)15-21/h3-10,15-17,25,27H,11-14,18-19H2,1-2H3,(H2,34,35,39). The lowest BCUT2D eigenvalue weighted by atomic mass is 9.94. The third-order valence-electron chi connectivity index (χ3n) is 7.76. The Morgan fingerprint density at radius 3 is 2.80 bits per heavy atom. The number of para-hydroxylation sites is 1. The second-order valence-electron chi connectivity index (χ2n) is 10.5. The molecule has 2 aliphatic heterocycles. The summed E-state index contributed by atoms with van der Waals surface area (Å²) in [7, 11) is 1.67. The van der Waals surface area contributed by atoms with Gasteiger partial charge in [-0.1, -0.05) is 30.3 Å². The Labute approximate surface area is 238 Å². The zero-order valence-electron chi connectivity index (χ0n) is 23.1. The molecule has 2 aliphatic rings. The number of hydrogen-bond acceptors (Lipinski definition) is 6. The molecule has 2 atom stereocenters. The van der Waals surface area contributed by atoms with Crippen LogP contribution in [0.15, 0.2) is 66.9 Å². The van der Waals surface area contributed by atoms with Gasteiger partial charge in [0.05, 0.1) is 36.3 Å². The molecule has 6 rings (SSSR count). The van der Waals surface area contributed by atoms with Gasteiger partial charge in [-0.2, -0.15) is 5.10 Å². The number of fused-ring (bicyclic) bond motifs is 1. The van der Waals surface area contributed by atoms with E-state index in [2.05, 4.69) is 20.5 Å². The van der Waals surface area contributed by atoms with Crippen molar-refractivity contribution in [3.05, 3.63) is 89.5 Å². The van der Waals surface area contributed by atoms with Crippen molar-refractivity contribution in [3.63, 3.8) is 0 Å². The first-order valence-corrected chi connectivity index (χ1v) is 13.8. The van der Waals surface area contributed by atoms with Crippen LogP contribution in [0.4, 0.5) is 15.0 Å². The number of carbonyl (C=O) groups is 1. The number of likely N-dealkylation sites (tertiary alicyclic amines) is 1. The fourth-order valence-corrected chi connectivity index (χ4v) is 5.67. The van der Waals surface area contributed by atoms with E-state index in [1.807, 2.05) is 49.4 Å². The molecule has 2 aromatic carbocycles. The molecule has 9 nitrogen and oxygen atoms in total. The predicted molar refractivity (Wildman–Crippen MR) is 154 cm³/mol. The van der Waals surface area contributed by atoms with E-state index < -0.39 is 0 Å². The first-order chi connectivity index (χ1) is 20.0. The van der Waals surface area contributed by atoms with Crippen molar-refractivity contribution in [1.82, 2.24) is 25.0 Å². The molecule has 4 heterocycles. The lowest BCUT2D eigenvalue weighted by molar-refractivity contribution is 0.159. The van der Waals surface area contributed by atoms with Gasteiger partial charge in [-0.15, -0.1) is 0 Å². The van der Waals surface area contributed by atoms with Crippen LogP contribution in [0.1, 0.15) is 22.7 Å². The summed E-state index contributed by atoms with van der Waals surface area (Å²) in [6.45, 7) is 5.18. The number of urea groups is 1. The molecule has 0 spiro atoms. The number of ether oxygens (including phenoxy) is 2. The highest BCUT2D eigenvalue weighted by atomic mass is 19.1. The molecule has 2 amide bonds. The highest BCUT2D eigenvalue weighted by Gasteiger charge is 2.35. The Kier molecular flexibility index (Phi) is 7.67. The zero-order valence-corrected chi connectivity index (χ0v) is 23.1. The molecule has 0 bridgehead atoms. The van der Waals surface area contributed by atoms with Gasteiger partial charge >= 0.3 is 6.03 Å². The number of nitrogens with zero attached hydrogens (tertiary/aromatic N) is 4. The Balaban J connectivity index is 1.28. The van der Waals surface area contributed by atoms with Crippen LogP contribution in [0.2, 0.25) is 0 Å². The van der Waals surface area contributed by atoms with E-state index in [-0.39, 0.29) is 23.8 Å².